The van der Waals surface area contributed by atoms with Gasteiger partial charge in [0.1, 0.15) is 24.6 Å². The molecule has 0 aliphatic carbocycles. The molecule has 0 bridgehead atoms. The van der Waals surface area contributed by atoms with Gasteiger partial charge in [-0.2, -0.15) is 23.5 Å². The summed E-state index contributed by atoms with van der Waals surface area (Å²) in [6.45, 7) is -0.0890. The summed E-state index contributed by atoms with van der Waals surface area (Å²) in [5, 5.41) is 13.8. The zero-order chi connectivity index (χ0) is 27.9. The van der Waals surface area contributed by atoms with E-state index in [1.807, 2.05) is 0 Å². The lowest BCUT2D eigenvalue weighted by molar-refractivity contribution is -0.286. The van der Waals surface area contributed by atoms with Crippen LogP contribution in [-0.2, 0) is 19.8 Å². The number of amides is 1. The molecule has 0 unspecified atom stereocenters. The molecule has 15 heteroatoms. The number of aryl methyl sites for hydroxylation is 1. The molecular weight excluding hydrogens is 531 g/mol. The maximum atomic E-state index is 14.0. The first-order valence-corrected chi connectivity index (χ1v) is 11.6. The molecule has 3 aromatic rings. The molecule has 4 heterocycles. The van der Waals surface area contributed by atoms with Gasteiger partial charge in [-0.3, -0.25) is 9.48 Å². The summed E-state index contributed by atoms with van der Waals surface area (Å²) in [5.74, 6) is -1.52. The van der Waals surface area contributed by atoms with Gasteiger partial charge in [0.15, 0.2) is 23.0 Å². The van der Waals surface area contributed by atoms with Crippen molar-refractivity contribution in [3.8, 4) is 23.4 Å². The lowest BCUT2D eigenvalue weighted by atomic mass is 9.95. The molecule has 2 aliphatic rings. The molecule has 5 rings (SSSR count). The van der Waals surface area contributed by atoms with Gasteiger partial charge >= 0.3 is 12.5 Å². The van der Waals surface area contributed by atoms with E-state index in [2.05, 4.69) is 24.5 Å². The fourth-order valence-electron chi connectivity index (χ4n) is 4.35. The minimum absolute atomic E-state index is 0.0386. The van der Waals surface area contributed by atoms with E-state index in [-0.39, 0.29) is 36.1 Å². The molecule has 1 saturated heterocycles. The summed E-state index contributed by atoms with van der Waals surface area (Å²) in [7, 11) is 1.72. The molecule has 0 radical (unpaired) electrons. The molecule has 10 nitrogen and oxygen atoms in total. The van der Waals surface area contributed by atoms with Gasteiger partial charge in [0, 0.05) is 26.1 Å². The maximum Gasteiger partial charge on any atom is 0.586 e. The van der Waals surface area contributed by atoms with Gasteiger partial charge in [-0.15, -0.1) is 8.78 Å². The number of aromatic nitrogens is 4. The molecular formula is C24H19F5N6O4. The molecule has 0 atom stereocenters. The van der Waals surface area contributed by atoms with E-state index in [1.165, 1.54) is 17.0 Å². The third kappa shape index (κ3) is 5.40. The fraction of sp³-hybridized carbons (Fsp3) is 0.375. The number of benzene rings is 1. The molecule has 2 aromatic heterocycles. The Hall–Kier alpha value is -4.48. The van der Waals surface area contributed by atoms with Crippen molar-refractivity contribution in [1.29, 1.82) is 5.26 Å². The predicted molar refractivity (Wildman–Crippen MR) is 120 cm³/mol. The van der Waals surface area contributed by atoms with Crippen LogP contribution in [0.15, 0.2) is 30.6 Å². The zero-order valence-electron chi connectivity index (χ0n) is 20.2. The summed E-state index contributed by atoms with van der Waals surface area (Å²) < 4.78 is 83.9. The van der Waals surface area contributed by atoms with Crippen LogP contribution in [0.4, 0.5) is 22.0 Å². The SMILES string of the molecule is Cn1cnc(C2CCN(C(=O)c3cc(C#N)c(OCc4ccc5c(c4)OC(F)(F)O5)nc3C(F)(F)F)CC2)n1. The Bertz CT molecular complexity index is 1460. The fourth-order valence-corrected chi connectivity index (χ4v) is 4.35. The minimum Gasteiger partial charge on any atom is -0.472 e. The quantitative estimate of drug-likeness (QED) is 0.438. The van der Waals surface area contributed by atoms with E-state index in [9.17, 15) is 32.0 Å². The van der Waals surface area contributed by atoms with Gasteiger partial charge in [0.25, 0.3) is 5.91 Å². The van der Waals surface area contributed by atoms with E-state index in [4.69, 9.17) is 4.74 Å². The molecule has 204 valence electrons. The normalized spacial score (nSPS) is 16.7. The summed E-state index contributed by atoms with van der Waals surface area (Å²) in [6, 6.07) is 6.19. The molecule has 39 heavy (non-hydrogen) atoms. The number of ether oxygens (including phenoxy) is 3. The average Bonchev–Trinajstić information content (AvgIpc) is 3.46. The van der Waals surface area contributed by atoms with Gasteiger partial charge < -0.3 is 19.1 Å². The molecule has 1 fully saturated rings. The van der Waals surface area contributed by atoms with E-state index in [0.29, 0.717) is 18.7 Å². The summed E-state index contributed by atoms with van der Waals surface area (Å²) in [5.41, 5.74) is -2.43. The number of nitrogens with zero attached hydrogens (tertiary/aromatic N) is 6. The van der Waals surface area contributed by atoms with Crippen LogP contribution in [0.2, 0.25) is 0 Å². The van der Waals surface area contributed by atoms with Crippen molar-refractivity contribution in [1.82, 2.24) is 24.6 Å². The van der Waals surface area contributed by atoms with Crippen molar-refractivity contribution in [2.45, 2.75) is 37.8 Å². The van der Waals surface area contributed by atoms with E-state index in [1.54, 1.807) is 24.1 Å². The number of carbonyl (C=O) groups is 1. The van der Waals surface area contributed by atoms with Crippen molar-refractivity contribution < 1.29 is 41.0 Å². The van der Waals surface area contributed by atoms with Crippen molar-refractivity contribution in [3.05, 3.63) is 58.8 Å². The summed E-state index contributed by atoms with van der Waals surface area (Å²) >= 11 is 0. The number of likely N-dealkylation sites (tertiary alicyclic amines) is 1. The highest BCUT2D eigenvalue weighted by Gasteiger charge is 2.43. The number of rotatable bonds is 5. The first-order chi connectivity index (χ1) is 18.4. The number of alkyl halides is 5. The van der Waals surface area contributed by atoms with Gasteiger partial charge in [0.05, 0.1) is 5.56 Å². The molecule has 1 amide bonds. The lowest BCUT2D eigenvalue weighted by Crippen LogP contribution is -2.39. The Balaban J connectivity index is 1.35. The number of carbonyl (C=O) groups excluding carboxylic acids is 1. The number of piperidine rings is 1. The monoisotopic (exact) mass is 550 g/mol. The number of pyridine rings is 1. The van der Waals surface area contributed by atoms with Crippen LogP contribution < -0.4 is 14.2 Å². The van der Waals surface area contributed by atoms with Gasteiger partial charge in [-0.25, -0.2) is 9.97 Å². The van der Waals surface area contributed by atoms with Crippen molar-refractivity contribution in [2.24, 2.45) is 7.05 Å². The van der Waals surface area contributed by atoms with E-state index < -0.39 is 47.7 Å². The third-order valence-electron chi connectivity index (χ3n) is 6.21. The van der Waals surface area contributed by atoms with Crippen molar-refractivity contribution in [3.63, 3.8) is 0 Å². The van der Waals surface area contributed by atoms with E-state index >= 15 is 0 Å². The lowest BCUT2D eigenvalue weighted by Gasteiger charge is -2.31. The van der Waals surface area contributed by atoms with Crippen LogP contribution in [0.3, 0.4) is 0 Å². The summed E-state index contributed by atoms with van der Waals surface area (Å²) in [6.07, 6.45) is -6.41. The highest BCUT2D eigenvalue weighted by Crippen LogP contribution is 2.41. The van der Waals surface area contributed by atoms with Crippen LogP contribution in [0, 0.1) is 11.3 Å². The number of halogens is 5. The van der Waals surface area contributed by atoms with Gasteiger partial charge in [-0.05, 0) is 36.6 Å². The Morgan fingerprint density at radius 3 is 2.56 bits per heavy atom. The second-order valence-electron chi connectivity index (χ2n) is 8.93. The van der Waals surface area contributed by atoms with Gasteiger partial charge in [0.2, 0.25) is 5.88 Å². The highest BCUT2D eigenvalue weighted by atomic mass is 19.4. The largest absolute Gasteiger partial charge is 0.586 e. The minimum atomic E-state index is -5.03. The van der Waals surface area contributed by atoms with Gasteiger partial charge in [-0.1, -0.05) is 6.07 Å². The first-order valence-electron chi connectivity index (χ1n) is 11.6. The standard InChI is InChI=1S/C24H19F5N6O4/c1-34-12-31-20(33-34)14-4-6-35(7-5-14)22(36)16-9-15(10-30)21(32-19(16)23(25,26)27)37-11-13-2-3-17-18(8-13)39-24(28,29)38-17/h2-3,8-9,12,14H,4-7,11H2,1H3. The summed E-state index contributed by atoms with van der Waals surface area (Å²) in [4.78, 5) is 22.1. The number of nitriles is 1. The maximum absolute atomic E-state index is 14.0. The smallest absolute Gasteiger partial charge is 0.472 e. The zero-order valence-corrected chi connectivity index (χ0v) is 20.2. The Morgan fingerprint density at radius 1 is 1.21 bits per heavy atom. The van der Waals surface area contributed by atoms with Crippen molar-refractivity contribution in [2.75, 3.05) is 13.1 Å². The second-order valence-corrected chi connectivity index (χ2v) is 8.93. The molecule has 2 aliphatic heterocycles. The van der Waals surface area contributed by atoms with E-state index in [0.717, 1.165) is 12.1 Å². The number of fused-ring (bicyclic) bond motifs is 1. The van der Waals surface area contributed by atoms with Crippen LogP contribution in [0.25, 0.3) is 0 Å². The Morgan fingerprint density at radius 2 is 1.92 bits per heavy atom. The topological polar surface area (TPSA) is 115 Å². The highest BCUT2D eigenvalue weighted by molar-refractivity contribution is 5.96. The predicted octanol–water partition coefficient (Wildman–Crippen LogP) is 4.02. The average molecular weight is 550 g/mol. The first kappa shape index (κ1) is 26.1. The number of hydrogen-bond acceptors (Lipinski definition) is 8. The van der Waals surface area contributed by atoms with Crippen LogP contribution in [0.5, 0.6) is 17.4 Å². The molecule has 0 saturated carbocycles. The second kappa shape index (κ2) is 9.68. The Kier molecular flexibility index (Phi) is 6.49. The third-order valence-corrected chi connectivity index (χ3v) is 6.21. The number of hydrogen-bond donors (Lipinski definition) is 0. The van der Waals surface area contributed by atoms with Crippen LogP contribution in [0.1, 0.15) is 51.8 Å². The molecule has 0 spiro atoms. The Labute approximate surface area is 217 Å². The molecule has 1 aromatic carbocycles. The van der Waals surface area contributed by atoms with Crippen LogP contribution >= 0.6 is 0 Å². The van der Waals surface area contributed by atoms with Crippen LogP contribution in [-0.4, -0.2) is 49.9 Å². The molecule has 0 N–H and O–H groups in total. The van der Waals surface area contributed by atoms with Crippen molar-refractivity contribution >= 4 is 5.91 Å².